The number of halogens is 1. The molecule has 0 bridgehead atoms. The van der Waals surface area contributed by atoms with Crippen LogP contribution in [0, 0.1) is 13.8 Å². The second kappa shape index (κ2) is 2.64. The SMILES string of the molecule is Cc1nc2c(C)cc(N)cn2c1Cl. The van der Waals surface area contributed by atoms with Crippen molar-refractivity contribution in [2.45, 2.75) is 13.8 Å². The van der Waals surface area contributed by atoms with Crippen LogP contribution < -0.4 is 5.73 Å². The van der Waals surface area contributed by atoms with Gasteiger partial charge in [0, 0.05) is 11.9 Å². The molecule has 0 aliphatic rings. The third-order valence-electron chi connectivity index (χ3n) is 2.03. The highest BCUT2D eigenvalue weighted by Gasteiger charge is 2.08. The number of nitrogen functional groups attached to an aromatic ring is 1. The molecule has 0 radical (unpaired) electrons. The fourth-order valence-electron chi connectivity index (χ4n) is 1.42. The third-order valence-corrected chi connectivity index (χ3v) is 2.48. The van der Waals surface area contributed by atoms with Crippen LogP contribution in [-0.4, -0.2) is 9.38 Å². The van der Waals surface area contributed by atoms with Crippen LogP contribution in [0.4, 0.5) is 5.69 Å². The van der Waals surface area contributed by atoms with Gasteiger partial charge < -0.3 is 5.73 Å². The molecule has 2 rings (SSSR count). The number of rotatable bonds is 0. The van der Waals surface area contributed by atoms with Crippen molar-refractivity contribution in [3.63, 3.8) is 0 Å². The number of nitrogens with two attached hydrogens (primary N) is 1. The molecule has 0 saturated heterocycles. The van der Waals surface area contributed by atoms with Crippen LogP contribution in [-0.2, 0) is 0 Å². The summed E-state index contributed by atoms with van der Waals surface area (Å²) in [5.41, 5.74) is 9.13. The molecule has 0 amide bonds. The summed E-state index contributed by atoms with van der Waals surface area (Å²) in [5, 5.41) is 0.630. The molecule has 2 N–H and O–H groups in total. The van der Waals surface area contributed by atoms with Gasteiger partial charge in [0.15, 0.2) is 0 Å². The van der Waals surface area contributed by atoms with Crippen LogP contribution in [0.1, 0.15) is 11.3 Å². The summed E-state index contributed by atoms with van der Waals surface area (Å²) in [6.45, 7) is 3.85. The second-order valence-electron chi connectivity index (χ2n) is 3.14. The number of aryl methyl sites for hydroxylation is 2. The van der Waals surface area contributed by atoms with E-state index in [1.165, 1.54) is 0 Å². The molecule has 2 heterocycles. The first-order valence-corrected chi connectivity index (χ1v) is 4.37. The fraction of sp³-hybridized carbons (Fsp3) is 0.222. The van der Waals surface area contributed by atoms with Crippen molar-refractivity contribution in [1.82, 2.24) is 9.38 Å². The quantitative estimate of drug-likeness (QED) is 0.700. The van der Waals surface area contributed by atoms with E-state index in [9.17, 15) is 0 Å². The molecule has 2 aromatic heterocycles. The summed E-state index contributed by atoms with van der Waals surface area (Å²) >= 11 is 6.03. The topological polar surface area (TPSA) is 43.3 Å². The summed E-state index contributed by atoms with van der Waals surface area (Å²) in [6, 6.07) is 1.89. The molecule has 2 aromatic rings. The van der Waals surface area contributed by atoms with Gasteiger partial charge >= 0.3 is 0 Å². The molecule has 13 heavy (non-hydrogen) atoms. The number of fused-ring (bicyclic) bond motifs is 1. The van der Waals surface area contributed by atoms with Crippen molar-refractivity contribution in [1.29, 1.82) is 0 Å². The lowest BCUT2D eigenvalue weighted by molar-refractivity contribution is 1.17. The average molecular weight is 196 g/mol. The molecule has 0 aromatic carbocycles. The Balaban J connectivity index is 2.94. The monoisotopic (exact) mass is 195 g/mol. The molecule has 0 aliphatic heterocycles. The lowest BCUT2D eigenvalue weighted by Gasteiger charge is -2.00. The van der Waals surface area contributed by atoms with E-state index in [1.807, 2.05) is 24.3 Å². The minimum atomic E-state index is 0.630. The van der Waals surface area contributed by atoms with Gasteiger partial charge in [-0.2, -0.15) is 0 Å². The van der Waals surface area contributed by atoms with Crippen LogP contribution in [0.3, 0.4) is 0 Å². The number of imidazole rings is 1. The van der Waals surface area contributed by atoms with Crippen LogP contribution in [0.15, 0.2) is 12.3 Å². The molecular formula is C9H10ClN3. The zero-order valence-electron chi connectivity index (χ0n) is 7.50. The number of anilines is 1. The normalized spacial score (nSPS) is 11.0. The Kier molecular flexibility index (Phi) is 1.70. The Morgan fingerprint density at radius 2 is 2.15 bits per heavy atom. The van der Waals surface area contributed by atoms with Gasteiger partial charge in [0.05, 0.1) is 5.69 Å². The molecule has 0 aliphatic carbocycles. The molecule has 3 nitrogen and oxygen atoms in total. The average Bonchev–Trinajstić information content (AvgIpc) is 2.32. The van der Waals surface area contributed by atoms with Gasteiger partial charge in [0.25, 0.3) is 0 Å². The smallest absolute Gasteiger partial charge is 0.141 e. The van der Waals surface area contributed by atoms with Crippen LogP contribution in [0.5, 0.6) is 0 Å². The van der Waals surface area contributed by atoms with E-state index in [4.69, 9.17) is 17.3 Å². The molecule has 0 unspecified atom stereocenters. The van der Waals surface area contributed by atoms with Crippen LogP contribution in [0.2, 0.25) is 5.15 Å². The Morgan fingerprint density at radius 1 is 1.46 bits per heavy atom. The molecule has 0 atom stereocenters. The highest BCUT2D eigenvalue weighted by Crippen LogP contribution is 2.21. The standard InChI is InChI=1S/C9H10ClN3/c1-5-3-7(11)4-13-8(10)6(2)12-9(5)13/h3-4H,11H2,1-2H3. The van der Waals surface area contributed by atoms with E-state index < -0.39 is 0 Å². The lowest BCUT2D eigenvalue weighted by atomic mass is 10.3. The first kappa shape index (κ1) is 8.38. The predicted molar refractivity (Wildman–Crippen MR) is 54.1 cm³/mol. The molecule has 0 spiro atoms. The highest BCUT2D eigenvalue weighted by atomic mass is 35.5. The van der Waals surface area contributed by atoms with E-state index in [-0.39, 0.29) is 0 Å². The maximum absolute atomic E-state index is 6.03. The summed E-state index contributed by atoms with van der Waals surface area (Å²) < 4.78 is 1.81. The van der Waals surface area contributed by atoms with E-state index in [0.29, 0.717) is 10.8 Å². The van der Waals surface area contributed by atoms with E-state index >= 15 is 0 Å². The summed E-state index contributed by atoms with van der Waals surface area (Å²) in [5.74, 6) is 0. The number of nitrogens with zero attached hydrogens (tertiary/aromatic N) is 2. The largest absolute Gasteiger partial charge is 0.398 e. The number of hydrogen-bond donors (Lipinski definition) is 1. The zero-order valence-corrected chi connectivity index (χ0v) is 8.26. The van der Waals surface area contributed by atoms with Gasteiger partial charge in [-0.15, -0.1) is 0 Å². The van der Waals surface area contributed by atoms with Crippen LogP contribution in [0.25, 0.3) is 5.65 Å². The minimum Gasteiger partial charge on any atom is -0.398 e. The van der Waals surface area contributed by atoms with Crippen molar-refractivity contribution in [2.75, 3.05) is 5.73 Å². The van der Waals surface area contributed by atoms with Gasteiger partial charge in [-0.25, -0.2) is 4.98 Å². The fourth-order valence-corrected chi connectivity index (χ4v) is 1.59. The zero-order chi connectivity index (χ0) is 9.59. The first-order valence-electron chi connectivity index (χ1n) is 4.00. The molecule has 0 saturated carbocycles. The summed E-state index contributed by atoms with van der Waals surface area (Å²) in [6.07, 6.45) is 1.78. The number of aromatic nitrogens is 2. The van der Waals surface area contributed by atoms with Crippen molar-refractivity contribution >= 4 is 22.9 Å². The maximum atomic E-state index is 6.03. The van der Waals surface area contributed by atoms with Crippen molar-refractivity contribution in [3.05, 3.63) is 28.7 Å². The highest BCUT2D eigenvalue weighted by molar-refractivity contribution is 6.30. The summed E-state index contributed by atoms with van der Waals surface area (Å²) in [4.78, 5) is 4.33. The Hall–Kier alpha value is -1.22. The van der Waals surface area contributed by atoms with E-state index in [0.717, 1.165) is 16.9 Å². The maximum Gasteiger partial charge on any atom is 0.141 e. The van der Waals surface area contributed by atoms with Gasteiger partial charge in [0.1, 0.15) is 10.8 Å². The van der Waals surface area contributed by atoms with Crippen LogP contribution >= 0.6 is 11.6 Å². The minimum absolute atomic E-state index is 0.630. The number of hydrogen-bond acceptors (Lipinski definition) is 2. The molecule has 4 heteroatoms. The van der Waals surface area contributed by atoms with Crippen molar-refractivity contribution < 1.29 is 0 Å². The Morgan fingerprint density at radius 3 is 2.85 bits per heavy atom. The second-order valence-corrected chi connectivity index (χ2v) is 3.50. The van der Waals surface area contributed by atoms with Crippen molar-refractivity contribution in [3.8, 4) is 0 Å². The summed E-state index contributed by atoms with van der Waals surface area (Å²) in [7, 11) is 0. The van der Waals surface area contributed by atoms with Gasteiger partial charge in [-0.05, 0) is 25.5 Å². The lowest BCUT2D eigenvalue weighted by Crippen LogP contribution is -1.93. The van der Waals surface area contributed by atoms with E-state index in [2.05, 4.69) is 4.98 Å². The molecule has 0 fully saturated rings. The van der Waals surface area contributed by atoms with Gasteiger partial charge in [0.2, 0.25) is 0 Å². The number of pyridine rings is 1. The molecule has 68 valence electrons. The van der Waals surface area contributed by atoms with Gasteiger partial charge in [-0.3, -0.25) is 4.40 Å². The first-order chi connectivity index (χ1) is 6.09. The van der Waals surface area contributed by atoms with Gasteiger partial charge in [-0.1, -0.05) is 11.6 Å². The van der Waals surface area contributed by atoms with Crippen molar-refractivity contribution in [2.24, 2.45) is 0 Å². The molecular weight excluding hydrogens is 186 g/mol. The Bertz CT molecular complexity index is 473. The predicted octanol–water partition coefficient (Wildman–Crippen LogP) is 2.19. The third kappa shape index (κ3) is 1.16. The van der Waals surface area contributed by atoms with E-state index in [1.54, 1.807) is 6.20 Å². The Labute approximate surface area is 81.1 Å².